The number of methoxy groups -OCH3 is 1. The third-order valence-electron chi connectivity index (χ3n) is 1.82. The summed E-state index contributed by atoms with van der Waals surface area (Å²) < 4.78 is 4.52. The van der Waals surface area contributed by atoms with E-state index < -0.39 is 0 Å². The van der Waals surface area contributed by atoms with Gasteiger partial charge in [0.25, 0.3) is 0 Å². The van der Waals surface area contributed by atoms with Gasteiger partial charge in [-0.1, -0.05) is 30.6 Å². The molecule has 0 fully saturated rings. The smallest absolute Gasteiger partial charge is 0.305 e. The summed E-state index contributed by atoms with van der Waals surface area (Å²) in [6, 6.07) is 0. The fourth-order valence-electron chi connectivity index (χ4n) is 0.975. The Morgan fingerprint density at radius 3 is 2.18 bits per heavy atom. The number of unbranched alkanes of at least 4 members (excludes halogenated alkanes) is 1. The van der Waals surface area contributed by atoms with Crippen molar-refractivity contribution in [2.24, 2.45) is 0 Å². The van der Waals surface area contributed by atoms with Crippen molar-refractivity contribution < 1.29 is 9.53 Å². The number of esters is 1. The van der Waals surface area contributed by atoms with E-state index in [4.69, 9.17) is 0 Å². The van der Waals surface area contributed by atoms with Gasteiger partial charge in [0.2, 0.25) is 0 Å². The predicted octanol–water partition coefficient (Wildman–Crippen LogP) is 2.53. The zero-order valence-corrected chi connectivity index (χ0v) is 10.6. The number of rotatable bonds is 3. The molecule has 0 bridgehead atoms. The van der Waals surface area contributed by atoms with Crippen molar-refractivity contribution in [3.8, 4) is 35.5 Å². The summed E-state index contributed by atoms with van der Waals surface area (Å²) in [4.78, 5) is 10.8. The maximum absolute atomic E-state index is 10.8. The van der Waals surface area contributed by atoms with E-state index >= 15 is 0 Å². The largest absolute Gasteiger partial charge is 0.469 e. The third-order valence-corrected chi connectivity index (χ3v) is 1.82. The molecule has 0 amide bonds. The molecule has 0 saturated heterocycles. The Morgan fingerprint density at radius 1 is 1.00 bits per heavy atom. The molecule has 0 heterocycles. The molecule has 0 atom stereocenters. The standard InChI is InChI=1S/C15H18O2/c1-3-4-5-6-7-8-9-10-11-12-13-14-15(16)17-2/h3,6,9,12-14H2,1-2H3. The molecular weight excluding hydrogens is 212 g/mol. The average Bonchev–Trinajstić information content (AvgIpc) is 2.35. The third kappa shape index (κ3) is 12.1. The molecule has 0 aromatic carbocycles. The van der Waals surface area contributed by atoms with Gasteiger partial charge in [-0.15, -0.1) is 11.8 Å². The van der Waals surface area contributed by atoms with Crippen LogP contribution in [-0.4, -0.2) is 13.1 Å². The average molecular weight is 230 g/mol. The molecule has 0 aromatic heterocycles. The molecule has 2 nitrogen and oxygen atoms in total. The van der Waals surface area contributed by atoms with Crippen LogP contribution in [0.3, 0.4) is 0 Å². The first kappa shape index (κ1) is 15.2. The van der Waals surface area contributed by atoms with Crippen molar-refractivity contribution in [2.75, 3.05) is 7.11 Å². The monoisotopic (exact) mass is 230 g/mol. The quantitative estimate of drug-likeness (QED) is 0.423. The van der Waals surface area contributed by atoms with Crippen molar-refractivity contribution in [3.05, 3.63) is 0 Å². The van der Waals surface area contributed by atoms with Crippen LogP contribution in [0.1, 0.15) is 45.4 Å². The van der Waals surface area contributed by atoms with Crippen LogP contribution >= 0.6 is 0 Å². The Balaban J connectivity index is 3.52. The van der Waals surface area contributed by atoms with Crippen LogP contribution in [0.15, 0.2) is 0 Å². The van der Waals surface area contributed by atoms with Gasteiger partial charge in [0.05, 0.1) is 20.0 Å². The number of carbonyl (C=O) groups is 1. The van der Waals surface area contributed by atoms with Gasteiger partial charge in [-0.25, -0.2) is 0 Å². The zero-order valence-electron chi connectivity index (χ0n) is 10.6. The molecular formula is C15H18O2. The van der Waals surface area contributed by atoms with Gasteiger partial charge in [-0.3, -0.25) is 4.79 Å². The number of carbonyl (C=O) groups excluding carboxylic acids is 1. The summed E-state index contributed by atoms with van der Waals surface area (Å²) >= 11 is 0. The Morgan fingerprint density at radius 2 is 1.59 bits per heavy atom. The zero-order chi connectivity index (χ0) is 12.8. The maximum atomic E-state index is 10.8. The minimum Gasteiger partial charge on any atom is -0.469 e. The Hall–Kier alpha value is -1.85. The van der Waals surface area contributed by atoms with Crippen LogP contribution in [-0.2, 0) is 9.53 Å². The number of hydrogen-bond donors (Lipinski definition) is 0. The summed E-state index contributed by atoms with van der Waals surface area (Å²) in [5.41, 5.74) is 0. The second-order valence-corrected chi connectivity index (χ2v) is 3.20. The normalized spacial score (nSPS) is 7.65. The Bertz CT molecular complexity index is 388. The summed E-state index contributed by atoms with van der Waals surface area (Å²) in [6.45, 7) is 2.01. The minimum atomic E-state index is -0.180. The van der Waals surface area contributed by atoms with Crippen molar-refractivity contribution in [2.45, 2.75) is 45.4 Å². The lowest BCUT2D eigenvalue weighted by Crippen LogP contribution is -1.98. The predicted molar refractivity (Wildman–Crippen MR) is 68.7 cm³/mol. The lowest BCUT2D eigenvalue weighted by molar-refractivity contribution is -0.140. The highest BCUT2D eigenvalue weighted by molar-refractivity contribution is 5.69. The van der Waals surface area contributed by atoms with Gasteiger partial charge in [0.1, 0.15) is 0 Å². The van der Waals surface area contributed by atoms with Gasteiger partial charge >= 0.3 is 5.97 Å². The number of hydrogen-bond acceptors (Lipinski definition) is 2. The first-order valence-corrected chi connectivity index (χ1v) is 5.75. The van der Waals surface area contributed by atoms with Crippen LogP contribution in [0.4, 0.5) is 0 Å². The molecule has 2 heteroatoms. The molecule has 90 valence electrons. The molecule has 0 radical (unpaired) electrons. The van der Waals surface area contributed by atoms with Gasteiger partial charge in [0.15, 0.2) is 0 Å². The lowest BCUT2D eigenvalue weighted by Gasteiger charge is -1.93. The molecule has 0 aromatic rings. The molecule has 0 rings (SSSR count). The summed E-state index contributed by atoms with van der Waals surface area (Å²) in [6.07, 6.45) is 3.97. The van der Waals surface area contributed by atoms with E-state index in [-0.39, 0.29) is 5.97 Å². The van der Waals surface area contributed by atoms with E-state index in [1.807, 2.05) is 6.92 Å². The first-order valence-electron chi connectivity index (χ1n) is 5.75. The summed E-state index contributed by atoms with van der Waals surface area (Å²) in [5.74, 6) is 17.5. The molecule has 0 saturated carbocycles. The van der Waals surface area contributed by atoms with Crippen LogP contribution in [0.25, 0.3) is 0 Å². The van der Waals surface area contributed by atoms with E-state index in [1.54, 1.807) is 0 Å². The minimum absolute atomic E-state index is 0.180. The van der Waals surface area contributed by atoms with Crippen molar-refractivity contribution in [3.63, 3.8) is 0 Å². The van der Waals surface area contributed by atoms with E-state index in [0.717, 1.165) is 12.8 Å². The van der Waals surface area contributed by atoms with E-state index in [2.05, 4.69) is 40.3 Å². The van der Waals surface area contributed by atoms with Gasteiger partial charge in [0, 0.05) is 19.3 Å². The van der Waals surface area contributed by atoms with Crippen LogP contribution in [0.5, 0.6) is 0 Å². The Labute approximate surface area is 104 Å². The SMILES string of the molecule is CCC#CCC#CCC#CCCCC(=O)OC. The van der Waals surface area contributed by atoms with Crippen LogP contribution in [0, 0.1) is 35.5 Å². The van der Waals surface area contributed by atoms with Gasteiger partial charge < -0.3 is 4.74 Å². The molecule has 0 N–H and O–H groups in total. The highest BCUT2D eigenvalue weighted by Gasteiger charge is 1.96. The van der Waals surface area contributed by atoms with Gasteiger partial charge in [-0.2, -0.15) is 0 Å². The highest BCUT2D eigenvalue weighted by atomic mass is 16.5. The molecule has 0 aliphatic heterocycles. The highest BCUT2D eigenvalue weighted by Crippen LogP contribution is 1.95. The van der Waals surface area contributed by atoms with Crippen LogP contribution < -0.4 is 0 Å². The first-order chi connectivity index (χ1) is 8.31. The summed E-state index contributed by atoms with van der Waals surface area (Å²) in [5, 5.41) is 0. The molecule has 0 aliphatic rings. The molecule has 17 heavy (non-hydrogen) atoms. The Kier molecular flexibility index (Phi) is 10.9. The molecule has 0 unspecified atom stereocenters. The fraction of sp³-hybridized carbons (Fsp3) is 0.533. The maximum Gasteiger partial charge on any atom is 0.305 e. The van der Waals surface area contributed by atoms with Gasteiger partial charge in [-0.05, 0) is 6.42 Å². The second kappa shape index (κ2) is 12.2. The van der Waals surface area contributed by atoms with Crippen LogP contribution in [0.2, 0.25) is 0 Å². The van der Waals surface area contributed by atoms with Crippen molar-refractivity contribution >= 4 is 5.97 Å². The van der Waals surface area contributed by atoms with E-state index in [9.17, 15) is 4.79 Å². The lowest BCUT2D eigenvalue weighted by atomic mass is 10.2. The van der Waals surface area contributed by atoms with E-state index in [0.29, 0.717) is 25.7 Å². The van der Waals surface area contributed by atoms with Crippen molar-refractivity contribution in [1.82, 2.24) is 0 Å². The van der Waals surface area contributed by atoms with E-state index in [1.165, 1.54) is 7.11 Å². The second-order valence-electron chi connectivity index (χ2n) is 3.20. The summed E-state index contributed by atoms with van der Waals surface area (Å²) in [7, 11) is 1.39. The number of ether oxygens (including phenoxy) is 1. The van der Waals surface area contributed by atoms with Crippen molar-refractivity contribution in [1.29, 1.82) is 0 Å². The molecule has 0 aliphatic carbocycles. The molecule has 0 spiro atoms. The topological polar surface area (TPSA) is 26.3 Å². The fourth-order valence-corrected chi connectivity index (χ4v) is 0.975.